The number of hydrogen-bond acceptors (Lipinski definition) is 3. The summed E-state index contributed by atoms with van der Waals surface area (Å²) in [4.78, 5) is 14.9. The quantitative estimate of drug-likeness (QED) is 0.751. The highest BCUT2D eigenvalue weighted by Gasteiger charge is 2.36. The summed E-state index contributed by atoms with van der Waals surface area (Å²) in [5.74, 6) is -0.0975. The Hall–Kier alpha value is -0.820. The third kappa shape index (κ3) is 3.18. The summed E-state index contributed by atoms with van der Waals surface area (Å²) < 4.78 is 0.954. The molecule has 2 fully saturated rings. The Labute approximate surface area is 139 Å². The molecule has 2 aliphatic heterocycles. The Morgan fingerprint density at radius 1 is 1.33 bits per heavy atom. The molecule has 21 heavy (non-hydrogen) atoms. The van der Waals surface area contributed by atoms with Crippen LogP contribution in [0, 0.1) is 3.57 Å². The number of rotatable bonds is 2. The van der Waals surface area contributed by atoms with Crippen LogP contribution in [0.3, 0.4) is 0 Å². The molecule has 114 valence electrons. The fourth-order valence-electron chi connectivity index (χ4n) is 3.69. The van der Waals surface area contributed by atoms with Gasteiger partial charge in [0, 0.05) is 21.7 Å². The lowest BCUT2D eigenvalue weighted by Crippen LogP contribution is -2.55. The molecule has 1 amide bonds. The van der Waals surface area contributed by atoms with Crippen molar-refractivity contribution in [2.45, 2.75) is 50.2 Å². The topological polar surface area (TPSA) is 52.6 Å². The van der Waals surface area contributed by atoms with Crippen molar-refractivity contribution in [2.24, 2.45) is 0 Å². The zero-order valence-corrected chi connectivity index (χ0v) is 14.3. The Morgan fingerprint density at radius 3 is 2.67 bits per heavy atom. The van der Waals surface area contributed by atoms with Crippen molar-refractivity contribution in [3.63, 3.8) is 0 Å². The van der Waals surface area contributed by atoms with Crippen molar-refractivity contribution in [3.05, 3.63) is 27.3 Å². The van der Waals surface area contributed by atoms with Crippen LogP contribution in [-0.4, -0.2) is 41.1 Å². The molecule has 2 aliphatic rings. The first-order chi connectivity index (χ1) is 10.0. The van der Waals surface area contributed by atoms with E-state index in [1.807, 2.05) is 0 Å². The molecule has 3 rings (SSSR count). The number of phenols is 1. The van der Waals surface area contributed by atoms with Gasteiger partial charge in [0.2, 0.25) is 0 Å². The molecule has 5 heteroatoms. The van der Waals surface area contributed by atoms with E-state index in [-0.39, 0.29) is 17.7 Å². The minimum absolute atomic E-state index is 0.0565. The Bertz CT molecular complexity index is 535. The second kappa shape index (κ2) is 6.12. The average Bonchev–Trinajstić information content (AvgIpc) is 2.42. The van der Waals surface area contributed by atoms with Gasteiger partial charge in [0.15, 0.2) is 0 Å². The fourth-order valence-corrected chi connectivity index (χ4v) is 4.18. The first kappa shape index (κ1) is 15.1. The molecule has 0 saturated carbocycles. The Kier molecular flexibility index (Phi) is 4.40. The molecule has 2 saturated heterocycles. The molecular formula is C16H21IN2O2. The lowest BCUT2D eigenvalue weighted by molar-refractivity contribution is 0.0462. The number of phenolic OH excluding ortho intramolecular Hbond substituents is 1. The number of benzene rings is 1. The van der Waals surface area contributed by atoms with Gasteiger partial charge in [-0.25, -0.2) is 0 Å². The summed E-state index contributed by atoms with van der Waals surface area (Å²) in [6.07, 6.45) is 5.80. The molecule has 2 atom stereocenters. The van der Waals surface area contributed by atoms with Crippen molar-refractivity contribution >= 4 is 28.5 Å². The number of piperidine rings is 2. The number of hydrogen-bond donors (Lipinski definition) is 2. The number of nitrogens with zero attached hydrogens (tertiary/aromatic N) is 1. The number of carbonyl (C=O) groups excluding carboxylic acids is 1. The number of nitrogens with one attached hydrogen (secondary N) is 1. The number of amides is 1. The van der Waals surface area contributed by atoms with E-state index in [1.54, 1.807) is 18.2 Å². The minimum Gasteiger partial charge on any atom is -0.507 e. The molecule has 2 N–H and O–H groups in total. The van der Waals surface area contributed by atoms with Crippen molar-refractivity contribution in [1.29, 1.82) is 0 Å². The Morgan fingerprint density at radius 2 is 2.00 bits per heavy atom. The summed E-state index contributed by atoms with van der Waals surface area (Å²) in [5, 5.41) is 13.0. The van der Waals surface area contributed by atoms with E-state index in [4.69, 9.17) is 0 Å². The van der Waals surface area contributed by atoms with E-state index >= 15 is 0 Å². The highest BCUT2D eigenvalue weighted by atomic mass is 127. The van der Waals surface area contributed by atoms with Crippen LogP contribution in [0.5, 0.6) is 5.75 Å². The van der Waals surface area contributed by atoms with Crippen LogP contribution < -0.4 is 5.32 Å². The van der Waals surface area contributed by atoms with Gasteiger partial charge >= 0.3 is 0 Å². The fraction of sp³-hybridized carbons (Fsp3) is 0.562. The Balaban J connectivity index is 1.69. The maximum atomic E-state index is 12.4. The van der Waals surface area contributed by atoms with Crippen LogP contribution in [-0.2, 0) is 0 Å². The molecule has 2 unspecified atom stereocenters. The lowest BCUT2D eigenvalue weighted by atomic mass is 9.82. The number of carbonyl (C=O) groups is 1. The van der Waals surface area contributed by atoms with Gasteiger partial charge in [-0.3, -0.25) is 4.79 Å². The van der Waals surface area contributed by atoms with Crippen LogP contribution in [0.15, 0.2) is 18.2 Å². The normalized spacial score (nSPS) is 29.1. The van der Waals surface area contributed by atoms with Crippen LogP contribution in [0.2, 0.25) is 0 Å². The molecule has 0 aromatic heterocycles. The first-order valence-electron chi connectivity index (χ1n) is 7.56. The highest BCUT2D eigenvalue weighted by molar-refractivity contribution is 14.1. The summed E-state index contributed by atoms with van der Waals surface area (Å²) in [5.41, 5.74) is 0.381. The lowest BCUT2D eigenvalue weighted by Gasteiger charge is -2.47. The standard InChI is InChI=1S/C16H21IN2O2/c1-19-12-3-2-4-13(19)9-11(8-12)18-16(21)14-7-10(17)5-6-15(14)20/h5-7,11-13,20H,2-4,8-9H2,1H3,(H,18,21). The van der Waals surface area contributed by atoms with Crippen molar-refractivity contribution < 1.29 is 9.90 Å². The summed E-state index contributed by atoms with van der Waals surface area (Å²) in [6, 6.07) is 6.52. The average molecular weight is 400 g/mol. The van der Waals surface area contributed by atoms with Gasteiger partial charge in [0.1, 0.15) is 5.75 Å². The molecule has 1 aromatic rings. The molecule has 2 bridgehead atoms. The van der Waals surface area contributed by atoms with Gasteiger partial charge in [-0.05, 0) is 73.5 Å². The van der Waals surface area contributed by atoms with E-state index in [0.29, 0.717) is 17.6 Å². The summed E-state index contributed by atoms with van der Waals surface area (Å²) in [6.45, 7) is 0. The molecular weight excluding hydrogens is 379 g/mol. The van der Waals surface area contributed by atoms with Crippen LogP contribution in [0.1, 0.15) is 42.5 Å². The molecule has 0 aliphatic carbocycles. The van der Waals surface area contributed by atoms with E-state index in [9.17, 15) is 9.90 Å². The van der Waals surface area contributed by atoms with Crippen molar-refractivity contribution in [3.8, 4) is 5.75 Å². The third-order valence-electron chi connectivity index (χ3n) is 4.88. The third-order valence-corrected chi connectivity index (χ3v) is 5.55. The molecule has 0 spiro atoms. The van der Waals surface area contributed by atoms with Crippen LogP contribution >= 0.6 is 22.6 Å². The van der Waals surface area contributed by atoms with E-state index in [2.05, 4.69) is 39.9 Å². The maximum absolute atomic E-state index is 12.4. The maximum Gasteiger partial charge on any atom is 0.255 e. The monoisotopic (exact) mass is 400 g/mol. The van der Waals surface area contributed by atoms with Crippen molar-refractivity contribution in [1.82, 2.24) is 10.2 Å². The highest BCUT2D eigenvalue weighted by Crippen LogP contribution is 2.33. The van der Waals surface area contributed by atoms with Gasteiger partial charge in [0.25, 0.3) is 5.91 Å². The van der Waals surface area contributed by atoms with Gasteiger partial charge in [-0.2, -0.15) is 0 Å². The van der Waals surface area contributed by atoms with Gasteiger partial charge in [0.05, 0.1) is 5.56 Å². The largest absolute Gasteiger partial charge is 0.507 e. The van der Waals surface area contributed by atoms with Crippen molar-refractivity contribution in [2.75, 3.05) is 7.05 Å². The molecule has 4 nitrogen and oxygen atoms in total. The predicted molar refractivity (Wildman–Crippen MR) is 90.5 cm³/mol. The predicted octanol–water partition coefficient (Wildman–Crippen LogP) is 2.74. The number of fused-ring (bicyclic) bond motifs is 2. The molecule has 1 aromatic carbocycles. The van der Waals surface area contributed by atoms with Gasteiger partial charge in [-0.15, -0.1) is 0 Å². The molecule has 2 heterocycles. The van der Waals surface area contributed by atoms with E-state index < -0.39 is 0 Å². The zero-order valence-electron chi connectivity index (χ0n) is 12.2. The van der Waals surface area contributed by atoms with Crippen LogP contribution in [0.4, 0.5) is 0 Å². The zero-order chi connectivity index (χ0) is 15.0. The van der Waals surface area contributed by atoms with Gasteiger partial charge < -0.3 is 15.3 Å². The van der Waals surface area contributed by atoms with E-state index in [1.165, 1.54) is 19.3 Å². The minimum atomic E-state index is -0.154. The second-order valence-corrected chi connectivity index (χ2v) is 7.45. The number of aromatic hydroxyl groups is 1. The summed E-state index contributed by atoms with van der Waals surface area (Å²) >= 11 is 2.15. The second-order valence-electron chi connectivity index (χ2n) is 6.21. The molecule has 0 radical (unpaired) electrons. The smallest absolute Gasteiger partial charge is 0.255 e. The number of halogens is 1. The van der Waals surface area contributed by atoms with Gasteiger partial charge in [-0.1, -0.05) is 6.42 Å². The summed E-state index contributed by atoms with van der Waals surface area (Å²) in [7, 11) is 2.21. The first-order valence-corrected chi connectivity index (χ1v) is 8.64. The SMILES string of the molecule is CN1C2CCCC1CC(NC(=O)c1cc(I)ccc1O)C2. The van der Waals surface area contributed by atoms with Crippen LogP contribution in [0.25, 0.3) is 0 Å². The van der Waals surface area contributed by atoms with E-state index in [0.717, 1.165) is 16.4 Å².